The van der Waals surface area contributed by atoms with Crippen molar-refractivity contribution in [1.29, 1.82) is 0 Å². The van der Waals surface area contributed by atoms with Crippen molar-refractivity contribution in [3.63, 3.8) is 0 Å². The molecule has 1 fully saturated rings. The molecule has 1 N–H and O–H groups in total. The third-order valence-corrected chi connectivity index (χ3v) is 3.10. The molecule has 2 rings (SSSR count). The molecule has 1 aromatic heterocycles. The largest absolute Gasteiger partial charge is 0.374 e. The van der Waals surface area contributed by atoms with Crippen molar-refractivity contribution in [3.8, 4) is 0 Å². The summed E-state index contributed by atoms with van der Waals surface area (Å²) < 4.78 is 5.68. The van der Waals surface area contributed by atoms with E-state index in [0.29, 0.717) is 5.15 Å². The van der Waals surface area contributed by atoms with E-state index in [9.17, 15) is 0 Å². The van der Waals surface area contributed by atoms with E-state index >= 15 is 0 Å². The van der Waals surface area contributed by atoms with Gasteiger partial charge >= 0.3 is 0 Å². The fourth-order valence-corrected chi connectivity index (χ4v) is 2.12. The molecule has 0 spiro atoms. The number of hydrogen-bond donors (Lipinski definition) is 1. The Labute approximate surface area is 113 Å². The first-order chi connectivity index (χ1) is 8.67. The number of aryl methyl sites for hydroxylation is 1. The second-order valence-electron chi connectivity index (χ2n) is 4.48. The number of anilines is 1. The Morgan fingerprint density at radius 3 is 3.11 bits per heavy atom. The Morgan fingerprint density at radius 2 is 2.39 bits per heavy atom. The quantitative estimate of drug-likeness (QED) is 0.839. The normalized spacial score (nSPS) is 20.9. The second-order valence-corrected chi connectivity index (χ2v) is 4.87. The molecule has 18 heavy (non-hydrogen) atoms. The van der Waals surface area contributed by atoms with Crippen LogP contribution in [-0.2, 0) is 11.2 Å². The van der Waals surface area contributed by atoms with Gasteiger partial charge in [0.1, 0.15) is 16.8 Å². The molecule has 1 aliphatic rings. The van der Waals surface area contributed by atoms with Gasteiger partial charge in [-0.25, -0.2) is 9.97 Å². The minimum absolute atomic E-state index is 0.197. The molecule has 0 aliphatic carbocycles. The van der Waals surface area contributed by atoms with Gasteiger partial charge in [0.05, 0.1) is 12.7 Å². The summed E-state index contributed by atoms with van der Waals surface area (Å²) in [5.41, 5.74) is 0. The summed E-state index contributed by atoms with van der Waals surface area (Å²) in [4.78, 5) is 10.8. The minimum atomic E-state index is 0.197. The van der Waals surface area contributed by atoms with Crippen LogP contribution in [0.2, 0.25) is 5.15 Å². The summed E-state index contributed by atoms with van der Waals surface area (Å²) in [5, 5.41) is 3.74. The standard InChI is InChI=1S/C12H19ClN4O/c1-3-11-15-10(13)6-12(16-11)14-7-9-8-17(2)4-5-18-9/h6,9H,3-5,7-8H2,1-2H3,(H,14,15,16). The second kappa shape index (κ2) is 6.31. The molecular weight excluding hydrogens is 252 g/mol. The topological polar surface area (TPSA) is 50.3 Å². The first-order valence-electron chi connectivity index (χ1n) is 6.25. The predicted molar refractivity (Wildman–Crippen MR) is 72.1 cm³/mol. The van der Waals surface area contributed by atoms with E-state index in [0.717, 1.165) is 44.3 Å². The Morgan fingerprint density at radius 1 is 1.56 bits per heavy atom. The molecule has 100 valence electrons. The summed E-state index contributed by atoms with van der Waals surface area (Å²) in [5.74, 6) is 1.52. The number of halogens is 1. The van der Waals surface area contributed by atoms with Crippen LogP contribution in [0.5, 0.6) is 0 Å². The summed E-state index contributed by atoms with van der Waals surface area (Å²) in [6.07, 6.45) is 0.973. The molecule has 1 unspecified atom stereocenters. The first-order valence-corrected chi connectivity index (χ1v) is 6.62. The fraction of sp³-hybridized carbons (Fsp3) is 0.667. The van der Waals surface area contributed by atoms with Crippen molar-refractivity contribution < 1.29 is 4.74 Å². The van der Waals surface area contributed by atoms with Gasteiger partial charge < -0.3 is 15.0 Å². The van der Waals surface area contributed by atoms with E-state index in [-0.39, 0.29) is 6.10 Å². The van der Waals surface area contributed by atoms with Crippen LogP contribution < -0.4 is 5.32 Å². The van der Waals surface area contributed by atoms with E-state index < -0.39 is 0 Å². The monoisotopic (exact) mass is 270 g/mol. The van der Waals surface area contributed by atoms with Crippen LogP contribution in [0.25, 0.3) is 0 Å². The van der Waals surface area contributed by atoms with Gasteiger partial charge in [0.15, 0.2) is 0 Å². The lowest BCUT2D eigenvalue weighted by atomic mass is 10.3. The number of ether oxygens (including phenoxy) is 1. The molecule has 0 radical (unpaired) electrons. The highest BCUT2D eigenvalue weighted by atomic mass is 35.5. The molecule has 0 amide bonds. The Bertz CT molecular complexity index is 402. The lowest BCUT2D eigenvalue weighted by Crippen LogP contribution is -2.43. The minimum Gasteiger partial charge on any atom is -0.374 e. The van der Waals surface area contributed by atoms with Crippen molar-refractivity contribution >= 4 is 17.4 Å². The molecule has 2 heterocycles. The summed E-state index contributed by atoms with van der Waals surface area (Å²) in [6.45, 7) is 5.46. The van der Waals surface area contributed by atoms with Gasteiger partial charge in [-0.05, 0) is 7.05 Å². The molecule has 1 atom stereocenters. The van der Waals surface area contributed by atoms with Gasteiger partial charge in [0, 0.05) is 32.1 Å². The van der Waals surface area contributed by atoms with Gasteiger partial charge in [-0.15, -0.1) is 0 Å². The molecular formula is C12H19ClN4O. The Hall–Kier alpha value is -0.910. The van der Waals surface area contributed by atoms with Crippen LogP contribution in [-0.4, -0.2) is 54.3 Å². The maximum absolute atomic E-state index is 5.94. The Kier molecular flexibility index (Phi) is 4.74. The van der Waals surface area contributed by atoms with Gasteiger partial charge in [-0.2, -0.15) is 0 Å². The third kappa shape index (κ3) is 3.80. The zero-order valence-electron chi connectivity index (χ0n) is 10.8. The van der Waals surface area contributed by atoms with E-state index in [4.69, 9.17) is 16.3 Å². The number of rotatable bonds is 4. The lowest BCUT2D eigenvalue weighted by molar-refractivity contribution is -0.0117. The molecule has 1 saturated heterocycles. The molecule has 1 aliphatic heterocycles. The number of aromatic nitrogens is 2. The molecule has 6 heteroatoms. The van der Waals surface area contributed by atoms with Crippen molar-refractivity contribution in [2.24, 2.45) is 0 Å². The number of nitrogens with one attached hydrogen (secondary N) is 1. The number of hydrogen-bond acceptors (Lipinski definition) is 5. The zero-order valence-corrected chi connectivity index (χ0v) is 11.6. The van der Waals surface area contributed by atoms with Crippen LogP contribution in [0.1, 0.15) is 12.7 Å². The highest BCUT2D eigenvalue weighted by Gasteiger charge is 2.17. The molecule has 0 bridgehead atoms. The molecule has 0 saturated carbocycles. The maximum Gasteiger partial charge on any atom is 0.134 e. The highest BCUT2D eigenvalue weighted by molar-refractivity contribution is 6.29. The van der Waals surface area contributed by atoms with Gasteiger partial charge in [0.25, 0.3) is 0 Å². The molecule has 1 aromatic rings. The SMILES string of the molecule is CCc1nc(Cl)cc(NCC2CN(C)CCO2)n1. The van der Waals surface area contributed by atoms with E-state index in [2.05, 4.69) is 27.2 Å². The van der Waals surface area contributed by atoms with Gasteiger partial charge in [-0.3, -0.25) is 0 Å². The van der Waals surface area contributed by atoms with Crippen LogP contribution in [0, 0.1) is 0 Å². The van der Waals surface area contributed by atoms with Crippen LogP contribution in [0.15, 0.2) is 6.07 Å². The van der Waals surface area contributed by atoms with E-state index in [1.165, 1.54) is 0 Å². The van der Waals surface area contributed by atoms with Gasteiger partial charge in [-0.1, -0.05) is 18.5 Å². The first kappa shape index (κ1) is 13.5. The number of likely N-dealkylation sites (N-methyl/N-ethyl adjacent to an activating group) is 1. The smallest absolute Gasteiger partial charge is 0.134 e. The van der Waals surface area contributed by atoms with E-state index in [1.807, 2.05) is 6.92 Å². The highest BCUT2D eigenvalue weighted by Crippen LogP contribution is 2.12. The third-order valence-electron chi connectivity index (χ3n) is 2.91. The Balaban J connectivity index is 1.91. The average molecular weight is 271 g/mol. The van der Waals surface area contributed by atoms with Crippen molar-refractivity contribution in [3.05, 3.63) is 17.0 Å². The summed E-state index contributed by atoms with van der Waals surface area (Å²) in [6, 6.07) is 1.74. The molecule has 0 aromatic carbocycles. The maximum atomic E-state index is 5.94. The van der Waals surface area contributed by atoms with Crippen molar-refractivity contribution in [2.45, 2.75) is 19.4 Å². The van der Waals surface area contributed by atoms with Crippen LogP contribution in [0.4, 0.5) is 5.82 Å². The van der Waals surface area contributed by atoms with Crippen LogP contribution >= 0.6 is 11.6 Å². The predicted octanol–water partition coefficient (Wildman–Crippen LogP) is 1.43. The lowest BCUT2D eigenvalue weighted by Gasteiger charge is -2.30. The van der Waals surface area contributed by atoms with Crippen LogP contribution in [0.3, 0.4) is 0 Å². The fourth-order valence-electron chi connectivity index (χ4n) is 1.92. The summed E-state index contributed by atoms with van der Waals surface area (Å²) in [7, 11) is 2.10. The van der Waals surface area contributed by atoms with Crippen molar-refractivity contribution in [1.82, 2.24) is 14.9 Å². The van der Waals surface area contributed by atoms with E-state index in [1.54, 1.807) is 6.07 Å². The molecule has 5 nitrogen and oxygen atoms in total. The number of morpholine rings is 1. The summed E-state index contributed by atoms with van der Waals surface area (Å²) >= 11 is 5.94. The average Bonchev–Trinajstić information content (AvgIpc) is 2.36. The van der Waals surface area contributed by atoms with Crippen molar-refractivity contribution in [2.75, 3.05) is 38.6 Å². The van der Waals surface area contributed by atoms with Gasteiger partial charge in [0.2, 0.25) is 0 Å². The number of nitrogens with zero attached hydrogens (tertiary/aromatic N) is 3. The zero-order chi connectivity index (χ0) is 13.0.